The summed E-state index contributed by atoms with van der Waals surface area (Å²) >= 11 is 0. The number of aromatic nitrogens is 2. The van der Waals surface area contributed by atoms with Crippen LogP contribution in [0.15, 0.2) is 58.4 Å². The predicted molar refractivity (Wildman–Crippen MR) is 114 cm³/mol. The summed E-state index contributed by atoms with van der Waals surface area (Å²) in [6.45, 7) is 1.87. The van der Waals surface area contributed by atoms with Gasteiger partial charge in [0, 0.05) is 34.6 Å². The van der Waals surface area contributed by atoms with Crippen LogP contribution >= 0.6 is 0 Å². The Labute approximate surface area is 171 Å². The molecule has 4 rings (SSSR count). The van der Waals surface area contributed by atoms with Gasteiger partial charge in [-0.05, 0) is 49.2 Å². The molecule has 9 heteroatoms. The summed E-state index contributed by atoms with van der Waals surface area (Å²) in [5, 5.41) is 10.2. The smallest absolute Gasteiger partial charge is 0.303 e. The minimum absolute atomic E-state index is 0.0824. The lowest BCUT2D eigenvalue weighted by Crippen LogP contribution is -2.13. The van der Waals surface area contributed by atoms with E-state index in [9.17, 15) is 18.0 Å². The first-order valence-corrected chi connectivity index (χ1v) is 10.7. The van der Waals surface area contributed by atoms with E-state index in [1.54, 1.807) is 36.5 Å². The molecule has 0 aliphatic carbocycles. The fourth-order valence-corrected chi connectivity index (χ4v) is 4.48. The molecule has 0 unspecified atom stereocenters. The number of fused-ring (bicyclic) bond motifs is 3. The molecule has 0 saturated heterocycles. The van der Waals surface area contributed by atoms with Crippen LogP contribution in [0.4, 0.5) is 5.69 Å². The van der Waals surface area contributed by atoms with Crippen molar-refractivity contribution in [1.82, 2.24) is 9.97 Å². The van der Waals surface area contributed by atoms with Crippen molar-refractivity contribution < 1.29 is 18.3 Å². The Kier molecular flexibility index (Phi) is 4.83. The topological polar surface area (TPSA) is 132 Å². The van der Waals surface area contributed by atoms with Crippen molar-refractivity contribution >= 4 is 43.5 Å². The number of aryl methyl sites for hydroxylation is 2. The zero-order chi connectivity index (χ0) is 21.5. The molecule has 4 N–H and O–H groups in total. The van der Waals surface area contributed by atoms with E-state index in [4.69, 9.17) is 5.11 Å². The van der Waals surface area contributed by atoms with Gasteiger partial charge in [-0.25, -0.2) is 8.42 Å². The van der Waals surface area contributed by atoms with Crippen molar-refractivity contribution in [2.24, 2.45) is 0 Å². The third-order valence-corrected chi connectivity index (χ3v) is 6.31. The molecule has 2 heterocycles. The molecule has 8 nitrogen and oxygen atoms in total. The van der Waals surface area contributed by atoms with Gasteiger partial charge in [-0.1, -0.05) is 17.7 Å². The fourth-order valence-electron chi connectivity index (χ4n) is 3.43. The maximum atomic E-state index is 12.7. The van der Waals surface area contributed by atoms with E-state index in [0.717, 1.165) is 5.56 Å². The van der Waals surface area contributed by atoms with Gasteiger partial charge < -0.3 is 15.1 Å². The highest BCUT2D eigenvalue weighted by Gasteiger charge is 2.16. The quantitative estimate of drug-likeness (QED) is 0.377. The Hall–Kier alpha value is -3.59. The summed E-state index contributed by atoms with van der Waals surface area (Å²) in [5.41, 5.74) is 2.49. The Balaban J connectivity index is 1.81. The summed E-state index contributed by atoms with van der Waals surface area (Å²) in [7, 11) is -3.79. The second kappa shape index (κ2) is 7.34. The summed E-state index contributed by atoms with van der Waals surface area (Å²) in [6.07, 6.45) is 1.78. The Morgan fingerprint density at radius 1 is 1.13 bits per heavy atom. The van der Waals surface area contributed by atoms with Gasteiger partial charge in [-0.3, -0.25) is 14.3 Å². The average Bonchev–Trinajstić information content (AvgIpc) is 3.12. The van der Waals surface area contributed by atoms with Crippen LogP contribution in [0.1, 0.15) is 17.5 Å². The van der Waals surface area contributed by atoms with Crippen molar-refractivity contribution in [3.05, 3.63) is 70.1 Å². The Morgan fingerprint density at radius 2 is 1.87 bits per heavy atom. The highest BCUT2D eigenvalue weighted by molar-refractivity contribution is 7.92. The lowest BCUT2D eigenvalue weighted by Gasteiger charge is -2.10. The third kappa shape index (κ3) is 3.67. The molecule has 0 aliphatic rings. The Morgan fingerprint density at radius 3 is 2.57 bits per heavy atom. The van der Waals surface area contributed by atoms with Gasteiger partial charge in [0.25, 0.3) is 15.6 Å². The first-order chi connectivity index (χ1) is 14.2. The summed E-state index contributed by atoms with van der Waals surface area (Å²) in [5.74, 6) is -0.940. The van der Waals surface area contributed by atoms with Crippen LogP contribution in [-0.4, -0.2) is 29.5 Å². The zero-order valence-corrected chi connectivity index (χ0v) is 16.8. The summed E-state index contributed by atoms with van der Waals surface area (Å²) in [4.78, 5) is 29.1. The number of sulfonamides is 1. The number of H-pyrrole nitrogens is 2. The van der Waals surface area contributed by atoms with E-state index in [1.807, 2.05) is 6.92 Å². The lowest BCUT2D eigenvalue weighted by atomic mass is 10.0. The number of nitrogens with one attached hydrogen (secondary N) is 3. The first kappa shape index (κ1) is 19.7. The molecule has 4 aromatic rings. The number of aromatic amines is 2. The number of aliphatic carboxylic acids is 1. The van der Waals surface area contributed by atoms with Crippen molar-refractivity contribution in [3.8, 4) is 0 Å². The highest BCUT2D eigenvalue weighted by atomic mass is 32.2. The van der Waals surface area contributed by atoms with E-state index in [2.05, 4.69) is 14.7 Å². The van der Waals surface area contributed by atoms with Crippen LogP contribution in [0, 0.1) is 6.92 Å². The van der Waals surface area contributed by atoms with Gasteiger partial charge in [0.15, 0.2) is 0 Å². The molecule has 0 fully saturated rings. The molecule has 0 atom stereocenters. The highest BCUT2D eigenvalue weighted by Crippen LogP contribution is 2.28. The monoisotopic (exact) mass is 425 g/mol. The van der Waals surface area contributed by atoms with Gasteiger partial charge in [0.05, 0.1) is 4.90 Å². The molecule has 0 spiro atoms. The molecule has 2 aromatic carbocycles. The Bertz CT molecular complexity index is 1430. The lowest BCUT2D eigenvalue weighted by molar-refractivity contribution is -0.136. The van der Waals surface area contributed by atoms with Gasteiger partial charge in [-0.2, -0.15) is 0 Å². The number of carboxylic acids is 1. The fraction of sp³-hybridized carbons (Fsp3) is 0.143. The molecule has 0 saturated carbocycles. The van der Waals surface area contributed by atoms with Crippen molar-refractivity contribution in [3.63, 3.8) is 0 Å². The number of benzene rings is 2. The molecule has 154 valence electrons. The number of pyridine rings is 1. The molecular weight excluding hydrogens is 406 g/mol. The van der Waals surface area contributed by atoms with Gasteiger partial charge in [0.1, 0.15) is 5.52 Å². The van der Waals surface area contributed by atoms with Crippen LogP contribution in [0.3, 0.4) is 0 Å². The van der Waals surface area contributed by atoms with Crippen LogP contribution < -0.4 is 10.3 Å². The number of hydrogen-bond donors (Lipinski definition) is 4. The standard InChI is InChI=1S/C21H19N3O5S/c1-12-2-6-15(7-3-12)30(28,29)24-14-5-8-17-16(10-14)19-13(4-9-18(25)26)11-22-20(19)21(27)23-17/h2-3,5-8,10-11,22,24H,4,9H2,1H3,(H,23,27)(H,25,26). The van der Waals surface area contributed by atoms with Gasteiger partial charge >= 0.3 is 5.97 Å². The molecule has 2 aromatic heterocycles. The second-order valence-corrected chi connectivity index (χ2v) is 8.77. The number of hydrogen-bond acceptors (Lipinski definition) is 4. The zero-order valence-electron chi connectivity index (χ0n) is 16.0. The van der Waals surface area contributed by atoms with Crippen molar-refractivity contribution in [2.75, 3.05) is 4.72 Å². The molecular formula is C21H19N3O5S. The van der Waals surface area contributed by atoms with Crippen LogP contribution in [0.25, 0.3) is 21.8 Å². The molecule has 0 amide bonds. The van der Waals surface area contributed by atoms with Gasteiger partial charge in [-0.15, -0.1) is 0 Å². The van der Waals surface area contributed by atoms with Crippen molar-refractivity contribution in [1.29, 1.82) is 0 Å². The minimum atomic E-state index is -3.79. The second-order valence-electron chi connectivity index (χ2n) is 7.09. The number of carbonyl (C=O) groups is 1. The maximum Gasteiger partial charge on any atom is 0.303 e. The van der Waals surface area contributed by atoms with E-state index in [1.165, 1.54) is 12.1 Å². The van der Waals surface area contributed by atoms with Crippen molar-refractivity contribution in [2.45, 2.75) is 24.7 Å². The first-order valence-electron chi connectivity index (χ1n) is 9.22. The van der Waals surface area contributed by atoms with Crippen LogP contribution in [0.2, 0.25) is 0 Å². The van der Waals surface area contributed by atoms with E-state index in [0.29, 0.717) is 33.1 Å². The average molecular weight is 425 g/mol. The summed E-state index contributed by atoms with van der Waals surface area (Å²) < 4.78 is 28.0. The third-order valence-electron chi connectivity index (χ3n) is 4.92. The van der Waals surface area contributed by atoms with E-state index < -0.39 is 16.0 Å². The van der Waals surface area contributed by atoms with Crippen LogP contribution in [-0.2, 0) is 21.2 Å². The largest absolute Gasteiger partial charge is 0.481 e. The molecule has 0 radical (unpaired) electrons. The molecule has 0 aliphatic heterocycles. The number of anilines is 1. The minimum Gasteiger partial charge on any atom is -0.481 e. The maximum absolute atomic E-state index is 12.7. The van der Waals surface area contributed by atoms with E-state index in [-0.39, 0.29) is 23.3 Å². The van der Waals surface area contributed by atoms with Gasteiger partial charge in [0.2, 0.25) is 0 Å². The van der Waals surface area contributed by atoms with E-state index >= 15 is 0 Å². The van der Waals surface area contributed by atoms with Crippen LogP contribution in [0.5, 0.6) is 0 Å². The number of carboxylic acid groups (broad SMARTS) is 1. The predicted octanol–water partition coefficient (Wildman–Crippen LogP) is 3.14. The molecule has 0 bridgehead atoms. The molecule has 30 heavy (non-hydrogen) atoms. The number of rotatable bonds is 6. The normalized spacial score (nSPS) is 11.8. The SMILES string of the molecule is Cc1ccc(S(=O)(=O)Nc2ccc3[nH]c(=O)c4[nH]cc(CCC(=O)O)c4c3c2)cc1. The summed E-state index contributed by atoms with van der Waals surface area (Å²) in [6, 6.07) is 11.3.